The molecule has 1 heterocycles. The van der Waals surface area contributed by atoms with Crippen molar-refractivity contribution in [1.29, 1.82) is 0 Å². The van der Waals surface area contributed by atoms with E-state index in [-0.39, 0.29) is 35.5 Å². The predicted octanol–water partition coefficient (Wildman–Crippen LogP) is 2.22. The minimum absolute atomic E-state index is 0.00816. The number of likely N-dealkylation sites (tertiary alicyclic amines) is 1. The first-order valence-electron chi connectivity index (χ1n) is 11.0. The van der Waals surface area contributed by atoms with E-state index in [1.165, 1.54) is 4.90 Å². The molecular formula is C23H29ClN4O3. The average Bonchev–Trinajstić information content (AvgIpc) is 3.44. The van der Waals surface area contributed by atoms with Crippen LogP contribution in [-0.4, -0.2) is 55.5 Å². The van der Waals surface area contributed by atoms with Crippen molar-refractivity contribution >= 4 is 29.4 Å². The Labute approximate surface area is 187 Å². The highest BCUT2D eigenvalue weighted by Crippen LogP contribution is 2.52. The number of ether oxygens (including phenoxy) is 1. The van der Waals surface area contributed by atoms with Crippen LogP contribution in [0.25, 0.3) is 0 Å². The molecule has 2 N–H and O–H groups in total. The van der Waals surface area contributed by atoms with Crippen molar-refractivity contribution in [2.75, 3.05) is 32.8 Å². The lowest BCUT2D eigenvalue weighted by molar-refractivity contribution is -0.140. The second-order valence-electron chi connectivity index (χ2n) is 8.19. The molecule has 2 fully saturated rings. The van der Waals surface area contributed by atoms with E-state index in [0.29, 0.717) is 43.8 Å². The number of nitrogens with zero attached hydrogens (tertiary/aromatic N) is 2. The number of carbonyl (C=O) groups is 2. The first-order chi connectivity index (χ1) is 15.1. The van der Waals surface area contributed by atoms with E-state index in [4.69, 9.17) is 16.3 Å². The van der Waals surface area contributed by atoms with Crippen LogP contribution in [0.3, 0.4) is 0 Å². The van der Waals surface area contributed by atoms with Crippen molar-refractivity contribution in [1.82, 2.24) is 15.5 Å². The van der Waals surface area contributed by atoms with E-state index in [9.17, 15) is 9.59 Å². The minimum Gasteiger partial charge on any atom is -0.375 e. The van der Waals surface area contributed by atoms with Gasteiger partial charge in [-0.15, -0.1) is 0 Å². The van der Waals surface area contributed by atoms with Crippen LogP contribution < -0.4 is 10.6 Å². The summed E-state index contributed by atoms with van der Waals surface area (Å²) in [5, 5.41) is 7.10. The monoisotopic (exact) mass is 444 g/mol. The van der Waals surface area contributed by atoms with Crippen LogP contribution in [0.5, 0.6) is 0 Å². The molecule has 2 aliphatic carbocycles. The first kappa shape index (κ1) is 21.8. The Morgan fingerprint density at radius 1 is 1.13 bits per heavy atom. The summed E-state index contributed by atoms with van der Waals surface area (Å²) >= 11 is 5.88. The highest BCUT2D eigenvalue weighted by atomic mass is 35.5. The molecule has 0 radical (unpaired) electrons. The molecule has 4 unspecified atom stereocenters. The van der Waals surface area contributed by atoms with E-state index < -0.39 is 0 Å². The maximum Gasteiger partial charge on any atom is 0.233 e. The molecule has 1 aliphatic heterocycles. The van der Waals surface area contributed by atoms with Gasteiger partial charge in [0, 0.05) is 24.7 Å². The van der Waals surface area contributed by atoms with Gasteiger partial charge in [0.1, 0.15) is 0 Å². The Morgan fingerprint density at radius 3 is 2.45 bits per heavy atom. The topological polar surface area (TPSA) is 83.0 Å². The van der Waals surface area contributed by atoms with Gasteiger partial charge in [0.05, 0.1) is 31.6 Å². The third-order valence-electron chi connectivity index (χ3n) is 6.22. The van der Waals surface area contributed by atoms with Gasteiger partial charge in [-0.2, -0.15) is 0 Å². The normalized spacial score (nSPS) is 26.6. The molecule has 4 rings (SSSR count). The van der Waals surface area contributed by atoms with Crippen LogP contribution in [-0.2, 0) is 20.9 Å². The Balaban J connectivity index is 1.20. The van der Waals surface area contributed by atoms with Gasteiger partial charge in [-0.1, -0.05) is 35.9 Å². The zero-order chi connectivity index (χ0) is 21.8. The molecular weight excluding hydrogens is 416 g/mol. The van der Waals surface area contributed by atoms with Crippen LogP contribution in [0, 0.1) is 23.7 Å². The van der Waals surface area contributed by atoms with Crippen LogP contribution in [0.4, 0.5) is 0 Å². The number of carbonyl (C=O) groups excluding carboxylic acids is 2. The van der Waals surface area contributed by atoms with Crippen LogP contribution >= 0.6 is 11.6 Å². The maximum atomic E-state index is 12.7. The average molecular weight is 445 g/mol. The number of halogens is 1. The zero-order valence-electron chi connectivity index (χ0n) is 17.7. The summed E-state index contributed by atoms with van der Waals surface area (Å²) in [5.74, 6) is 0.854. The van der Waals surface area contributed by atoms with E-state index in [2.05, 4.69) is 27.8 Å². The van der Waals surface area contributed by atoms with Gasteiger partial charge in [0.2, 0.25) is 11.8 Å². The van der Waals surface area contributed by atoms with Gasteiger partial charge < -0.3 is 15.4 Å². The molecule has 1 aromatic carbocycles. The fraction of sp³-hybridized carbons (Fsp3) is 0.522. The number of benzene rings is 1. The Morgan fingerprint density at radius 2 is 1.81 bits per heavy atom. The molecule has 0 spiro atoms. The number of hydrogen-bond donors (Lipinski definition) is 2. The predicted molar refractivity (Wildman–Crippen MR) is 120 cm³/mol. The van der Waals surface area contributed by atoms with Crippen molar-refractivity contribution in [3.63, 3.8) is 0 Å². The molecule has 2 amide bonds. The SMILES string of the molecule is CCNC(=NCCOCc1ccc(Cl)cc1)NCCN1C(=O)C2C3C=CC(C3)C2C1=O. The van der Waals surface area contributed by atoms with E-state index in [1.54, 1.807) is 0 Å². The fourth-order valence-corrected chi connectivity index (χ4v) is 4.93. The number of imide groups is 1. The summed E-state index contributed by atoms with van der Waals surface area (Å²) in [7, 11) is 0. The quantitative estimate of drug-likeness (QED) is 0.201. The van der Waals surface area contributed by atoms with Crippen molar-refractivity contribution in [2.24, 2.45) is 28.7 Å². The number of aliphatic imine (C=N–C) groups is 1. The molecule has 1 saturated heterocycles. The Kier molecular flexibility index (Phi) is 6.92. The van der Waals surface area contributed by atoms with Crippen molar-refractivity contribution in [2.45, 2.75) is 20.0 Å². The van der Waals surface area contributed by atoms with E-state index in [0.717, 1.165) is 18.5 Å². The Hall–Kier alpha value is -2.38. The lowest BCUT2D eigenvalue weighted by Gasteiger charge is -2.18. The number of allylic oxidation sites excluding steroid dienone is 2. The summed E-state index contributed by atoms with van der Waals surface area (Å²) in [6.45, 7) is 5.04. The lowest BCUT2D eigenvalue weighted by atomic mass is 9.85. The van der Waals surface area contributed by atoms with Crippen LogP contribution in [0.1, 0.15) is 18.9 Å². The van der Waals surface area contributed by atoms with Crippen LogP contribution in [0.15, 0.2) is 41.4 Å². The van der Waals surface area contributed by atoms with Gasteiger partial charge in [-0.25, -0.2) is 0 Å². The number of fused-ring (bicyclic) bond motifs is 5. The summed E-state index contributed by atoms with van der Waals surface area (Å²) in [5.41, 5.74) is 1.06. The van der Waals surface area contributed by atoms with Gasteiger partial charge in [0.25, 0.3) is 0 Å². The smallest absolute Gasteiger partial charge is 0.233 e. The van der Waals surface area contributed by atoms with E-state index in [1.807, 2.05) is 31.2 Å². The molecule has 4 atom stereocenters. The standard InChI is InChI=1S/C23H29ClN4O3/c1-2-25-23(27-10-12-31-14-15-3-7-18(24)8-4-15)26-9-11-28-21(29)19-16-5-6-17(13-16)20(19)22(28)30/h3-8,16-17,19-20H,2,9-14H2,1H3,(H2,25,26,27). The number of hydrogen-bond acceptors (Lipinski definition) is 4. The molecule has 8 heteroatoms. The second-order valence-corrected chi connectivity index (χ2v) is 8.63. The number of guanidine groups is 1. The third-order valence-corrected chi connectivity index (χ3v) is 6.47. The summed E-state index contributed by atoms with van der Waals surface area (Å²) in [6, 6.07) is 7.56. The molecule has 1 saturated carbocycles. The van der Waals surface area contributed by atoms with Gasteiger partial charge >= 0.3 is 0 Å². The highest BCUT2D eigenvalue weighted by Gasteiger charge is 2.58. The van der Waals surface area contributed by atoms with Crippen molar-refractivity contribution in [3.05, 3.63) is 47.0 Å². The summed E-state index contributed by atoms with van der Waals surface area (Å²) in [4.78, 5) is 31.4. The molecule has 166 valence electrons. The highest BCUT2D eigenvalue weighted by molar-refractivity contribution is 6.30. The number of rotatable bonds is 9. The first-order valence-corrected chi connectivity index (χ1v) is 11.3. The number of nitrogens with one attached hydrogen (secondary N) is 2. The van der Waals surface area contributed by atoms with Crippen LogP contribution in [0.2, 0.25) is 5.02 Å². The molecule has 1 aromatic rings. The summed E-state index contributed by atoms with van der Waals surface area (Å²) < 4.78 is 5.66. The lowest BCUT2D eigenvalue weighted by Crippen LogP contribution is -2.43. The molecule has 31 heavy (non-hydrogen) atoms. The van der Waals surface area contributed by atoms with E-state index >= 15 is 0 Å². The third kappa shape index (κ3) is 4.77. The fourth-order valence-electron chi connectivity index (χ4n) is 4.80. The molecule has 3 aliphatic rings. The Bertz CT molecular complexity index is 840. The van der Waals surface area contributed by atoms with Gasteiger partial charge in [-0.3, -0.25) is 19.5 Å². The molecule has 2 bridgehead atoms. The minimum atomic E-state index is -0.137. The second kappa shape index (κ2) is 9.83. The van der Waals surface area contributed by atoms with Crippen molar-refractivity contribution < 1.29 is 14.3 Å². The largest absolute Gasteiger partial charge is 0.375 e. The zero-order valence-corrected chi connectivity index (χ0v) is 18.5. The molecule has 0 aromatic heterocycles. The van der Waals surface area contributed by atoms with Gasteiger partial charge in [0.15, 0.2) is 5.96 Å². The van der Waals surface area contributed by atoms with Crippen molar-refractivity contribution in [3.8, 4) is 0 Å². The number of amides is 2. The molecule has 7 nitrogen and oxygen atoms in total. The van der Waals surface area contributed by atoms with Gasteiger partial charge in [-0.05, 0) is 42.9 Å². The maximum absolute atomic E-state index is 12.7. The summed E-state index contributed by atoms with van der Waals surface area (Å²) in [6.07, 6.45) is 5.18.